The molecular weight excluding hydrogens is 248 g/mol. The first kappa shape index (κ1) is 14.9. The molecule has 0 heterocycles. The minimum atomic E-state index is 0.0304. The van der Waals surface area contributed by atoms with E-state index in [1.54, 1.807) is 6.07 Å². The van der Waals surface area contributed by atoms with Crippen molar-refractivity contribution >= 4 is 11.6 Å². The quantitative estimate of drug-likeness (QED) is 0.778. The second-order valence-electron chi connectivity index (χ2n) is 5.99. The Labute approximate surface area is 121 Å². The molecule has 0 radical (unpaired) electrons. The van der Waals surface area contributed by atoms with Crippen LogP contribution in [0, 0.1) is 12.8 Å². The van der Waals surface area contributed by atoms with Gasteiger partial charge in [-0.15, -0.1) is 0 Å². The molecule has 1 amide bonds. The van der Waals surface area contributed by atoms with Crippen molar-refractivity contribution in [2.24, 2.45) is 5.92 Å². The van der Waals surface area contributed by atoms with Gasteiger partial charge in [0.2, 0.25) is 0 Å². The molecule has 20 heavy (non-hydrogen) atoms. The monoisotopic (exact) mass is 274 g/mol. The maximum absolute atomic E-state index is 12.5. The number of nitrogens with one attached hydrogen (secondary N) is 1. The van der Waals surface area contributed by atoms with Gasteiger partial charge in [-0.3, -0.25) is 4.79 Å². The third-order valence-electron chi connectivity index (χ3n) is 4.41. The predicted octanol–water partition coefficient (Wildman–Crippen LogP) is 3.67. The summed E-state index contributed by atoms with van der Waals surface area (Å²) in [6, 6.07) is 5.86. The molecule has 1 saturated carbocycles. The third-order valence-corrected chi connectivity index (χ3v) is 4.41. The Balaban J connectivity index is 2.04. The van der Waals surface area contributed by atoms with Crippen molar-refractivity contribution in [3.05, 3.63) is 29.3 Å². The van der Waals surface area contributed by atoms with Crippen LogP contribution >= 0.6 is 0 Å². The third kappa shape index (κ3) is 3.53. The van der Waals surface area contributed by atoms with Gasteiger partial charge in [0.05, 0.1) is 0 Å². The lowest BCUT2D eigenvalue weighted by Gasteiger charge is -2.34. The lowest BCUT2D eigenvalue weighted by atomic mass is 9.78. The summed E-state index contributed by atoms with van der Waals surface area (Å²) in [7, 11) is 0. The van der Waals surface area contributed by atoms with Gasteiger partial charge in [-0.05, 0) is 49.8 Å². The second-order valence-corrected chi connectivity index (χ2v) is 5.99. The molecule has 0 aromatic heterocycles. The number of carbonyl (C=O) groups excluding carboxylic acids is 1. The van der Waals surface area contributed by atoms with Gasteiger partial charge in [0, 0.05) is 17.3 Å². The molecule has 3 nitrogen and oxygen atoms in total. The molecule has 3 heteroatoms. The molecular formula is C17H26N2O. The van der Waals surface area contributed by atoms with Gasteiger partial charge in [-0.25, -0.2) is 0 Å². The number of nitrogens with two attached hydrogens (primary N) is 1. The second kappa shape index (κ2) is 6.78. The van der Waals surface area contributed by atoms with Gasteiger partial charge >= 0.3 is 0 Å². The first-order valence-electron chi connectivity index (χ1n) is 7.78. The van der Waals surface area contributed by atoms with Crippen LogP contribution in [0.1, 0.15) is 61.4 Å². The summed E-state index contributed by atoms with van der Waals surface area (Å²) >= 11 is 0. The smallest absolute Gasteiger partial charge is 0.251 e. The standard InChI is InChI=1S/C17H26N2O/c1-3-4-8-16(13-6-5-7-13)19-17(20)15-11-14(18)10-9-12(15)2/h9-11,13,16H,3-8,18H2,1-2H3,(H,19,20). The van der Waals surface area contributed by atoms with Crippen LogP contribution in [0.3, 0.4) is 0 Å². The molecule has 2 rings (SSSR count). The van der Waals surface area contributed by atoms with E-state index in [0.29, 0.717) is 23.2 Å². The van der Waals surface area contributed by atoms with E-state index in [1.165, 1.54) is 32.1 Å². The maximum Gasteiger partial charge on any atom is 0.251 e. The van der Waals surface area contributed by atoms with Crippen LogP contribution in [-0.4, -0.2) is 11.9 Å². The van der Waals surface area contributed by atoms with Crippen molar-refractivity contribution in [3.8, 4) is 0 Å². The van der Waals surface area contributed by atoms with Crippen molar-refractivity contribution in [2.45, 2.75) is 58.4 Å². The van der Waals surface area contributed by atoms with Crippen LogP contribution in [0.2, 0.25) is 0 Å². The molecule has 1 aliphatic rings. The van der Waals surface area contributed by atoms with Gasteiger partial charge in [0.15, 0.2) is 0 Å². The first-order chi connectivity index (χ1) is 9.61. The van der Waals surface area contributed by atoms with Crippen molar-refractivity contribution in [1.82, 2.24) is 5.32 Å². The van der Waals surface area contributed by atoms with E-state index in [9.17, 15) is 4.79 Å². The van der Waals surface area contributed by atoms with Crippen molar-refractivity contribution in [2.75, 3.05) is 5.73 Å². The van der Waals surface area contributed by atoms with E-state index in [-0.39, 0.29) is 5.91 Å². The molecule has 1 fully saturated rings. The molecule has 0 spiro atoms. The van der Waals surface area contributed by atoms with Crippen LogP contribution in [0.25, 0.3) is 0 Å². The first-order valence-corrected chi connectivity index (χ1v) is 7.78. The fourth-order valence-corrected chi connectivity index (χ4v) is 2.82. The van der Waals surface area contributed by atoms with E-state index in [1.807, 2.05) is 19.1 Å². The Morgan fingerprint density at radius 2 is 2.20 bits per heavy atom. The van der Waals surface area contributed by atoms with Crippen LogP contribution < -0.4 is 11.1 Å². The zero-order valence-corrected chi connectivity index (χ0v) is 12.6. The molecule has 1 aromatic carbocycles. The molecule has 3 N–H and O–H groups in total. The van der Waals surface area contributed by atoms with E-state index in [0.717, 1.165) is 12.0 Å². The van der Waals surface area contributed by atoms with E-state index in [4.69, 9.17) is 5.73 Å². The SMILES string of the molecule is CCCCC(NC(=O)c1cc(N)ccc1C)C1CCC1. The Hall–Kier alpha value is -1.51. The molecule has 1 unspecified atom stereocenters. The fourth-order valence-electron chi connectivity index (χ4n) is 2.82. The Morgan fingerprint density at radius 1 is 1.45 bits per heavy atom. The lowest BCUT2D eigenvalue weighted by Crippen LogP contribution is -2.43. The molecule has 0 aliphatic heterocycles. The van der Waals surface area contributed by atoms with Crippen LogP contribution in [-0.2, 0) is 0 Å². The average molecular weight is 274 g/mol. The normalized spacial score (nSPS) is 16.5. The number of hydrogen-bond acceptors (Lipinski definition) is 2. The average Bonchev–Trinajstić information content (AvgIpc) is 2.36. The van der Waals surface area contributed by atoms with Gasteiger partial charge in [0.1, 0.15) is 0 Å². The van der Waals surface area contributed by atoms with Crippen molar-refractivity contribution in [1.29, 1.82) is 0 Å². The van der Waals surface area contributed by atoms with Crippen molar-refractivity contribution < 1.29 is 4.79 Å². The Morgan fingerprint density at radius 3 is 2.80 bits per heavy atom. The van der Waals surface area contributed by atoms with Gasteiger partial charge in [-0.1, -0.05) is 32.3 Å². The molecule has 110 valence electrons. The summed E-state index contributed by atoms with van der Waals surface area (Å²) in [4.78, 5) is 12.5. The number of anilines is 1. The molecule has 0 bridgehead atoms. The number of nitrogen functional groups attached to an aromatic ring is 1. The minimum Gasteiger partial charge on any atom is -0.399 e. The highest BCUT2D eigenvalue weighted by Crippen LogP contribution is 2.32. The summed E-state index contributed by atoms with van der Waals surface area (Å²) in [5.41, 5.74) is 8.14. The number of unbranched alkanes of at least 4 members (excludes halogenated alkanes) is 1. The number of amides is 1. The van der Waals surface area contributed by atoms with Gasteiger partial charge in [-0.2, -0.15) is 0 Å². The number of carbonyl (C=O) groups is 1. The van der Waals surface area contributed by atoms with Crippen LogP contribution in [0.15, 0.2) is 18.2 Å². The largest absolute Gasteiger partial charge is 0.399 e. The van der Waals surface area contributed by atoms with Crippen LogP contribution in [0.4, 0.5) is 5.69 Å². The highest BCUT2D eigenvalue weighted by molar-refractivity contribution is 5.96. The molecule has 1 aromatic rings. The Bertz CT molecular complexity index is 466. The topological polar surface area (TPSA) is 55.1 Å². The Kier molecular flexibility index (Phi) is 5.05. The highest BCUT2D eigenvalue weighted by Gasteiger charge is 2.28. The van der Waals surface area contributed by atoms with E-state index < -0.39 is 0 Å². The van der Waals surface area contributed by atoms with Gasteiger partial charge < -0.3 is 11.1 Å². The lowest BCUT2D eigenvalue weighted by molar-refractivity contribution is 0.0894. The molecule has 1 atom stereocenters. The fraction of sp³-hybridized carbons (Fsp3) is 0.588. The summed E-state index contributed by atoms with van der Waals surface area (Å²) in [6.45, 7) is 4.15. The number of hydrogen-bond donors (Lipinski definition) is 2. The summed E-state index contributed by atoms with van der Waals surface area (Å²) < 4.78 is 0. The van der Waals surface area contributed by atoms with Crippen molar-refractivity contribution in [3.63, 3.8) is 0 Å². The highest BCUT2D eigenvalue weighted by atomic mass is 16.1. The number of aryl methyl sites for hydroxylation is 1. The summed E-state index contributed by atoms with van der Waals surface area (Å²) in [6.07, 6.45) is 7.26. The molecule has 0 saturated heterocycles. The summed E-state index contributed by atoms with van der Waals surface area (Å²) in [5.74, 6) is 0.703. The number of benzene rings is 1. The van der Waals surface area contributed by atoms with Crippen LogP contribution in [0.5, 0.6) is 0 Å². The molecule has 1 aliphatic carbocycles. The zero-order chi connectivity index (χ0) is 14.5. The number of rotatable bonds is 6. The van der Waals surface area contributed by atoms with Gasteiger partial charge in [0.25, 0.3) is 5.91 Å². The maximum atomic E-state index is 12.5. The van der Waals surface area contributed by atoms with E-state index >= 15 is 0 Å². The predicted molar refractivity (Wildman–Crippen MR) is 83.7 cm³/mol. The van der Waals surface area contributed by atoms with E-state index in [2.05, 4.69) is 12.2 Å². The summed E-state index contributed by atoms with van der Waals surface area (Å²) in [5, 5.41) is 3.24. The minimum absolute atomic E-state index is 0.0304. The zero-order valence-electron chi connectivity index (χ0n) is 12.6.